The van der Waals surface area contributed by atoms with Crippen molar-refractivity contribution in [2.75, 3.05) is 6.54 Å². The zero-order chi connectivity index (χ0) is 11.5. The van der Waals surface area contributed by atoms with Crippen molar-refractivity contribution in [2.45, 2.75) is 38.1 Å². The second-order valence-corrected chi connectivity index (χ2v) is 4.02. The number of hydrogen-bond donors (Lipinski definition) is 2. The van der Waals surface area contributed by atoms with E-state index in [2.05, 4.69) is 15.5 Å². The Morgan fingerprint density at radius 3 is 3.06 bits per heavy atom. The van der Waals surface area contributed by atoms with Crippen LogP contribution in [0, 0.1) is 0 Å². The third-order valence-electron chi connectivity index (χ3n) is 2.87. The molecule has 0 spiro atoms. The topological polar surface area (TPSA) is 94.0 Å². The van der Waals surface area contributed by atoms with Gasteiger partial charge in [0, 0.05) is 12.6 Å². The zero-order valence-corrected chi connectivity index (χ0v) is 9.27. The minimum Gasteiger partial charge on any atom is -0.349 e. The smallest absolute Gasteiger partial charge is 0.292 e. The van der Waals surface area contributed by atoms with E-state index < -0.39 is 0 Å². The normalized spacial score (nSPS) is 24.6. The Bertz CT molecular complexity index is 377. The first kappa shape index (κ1) is 11.1. The van der Waals surface area contributed by atoms with Crippen molar-refractivity contribution in [2.24, 2.45) is 5.73 Å². The summed E-state index contributed by atoms with van der Waals surface area (Å²) >= 11 is 0. The third kappa shape index (κ3) is 2.06. The number of amides is 1. The van der Waals surface area contributed by atoms with Gasteiger partial charge in [0.2, 0.25) is 5.89 Å². The van der Waals surface area contributed by atoms with Crippen LogP contribution in [0.2, 0.25) is 0 Å². The number of rotatable bonds is 3. The van der Waals surface area contributed by atoms with Crippen LogP contribution in [-0.2, 0) is 0 Å². The average molecular weight is 224 g/mol. The molecule has 1 fully saturated rings. The predicted octanol–water partition coefficient (Wildman–Crippen LogP) is 0.414. The summed E-state index contributed by atoms with van der Waals surface area (Å²) in [6.07, 6.45) is 3.01. The first-order chi connectivity index (χ1) is 7.72. The van der Waals surface area contributed by atoms with Gasteiger partial charge in [-0.15, -0.1) is 0 Å². The molecule has 1 heterocycles. The maximum Gasteiger partial charge on any atom is 0.292 e. The fourth-order valence-electron chi connectivity index (χ4n) is 2.01. The van der Waals surface area contributed by atoms with E-state index in [9.17, 15) is 4.79 Å². The second kappa shape index (κ2) is 4.61. The van der Waals surface area contributed by atoms with Gasteiger partial charge in [0.15, 0.2) is 0 Å². The lowest BCUT2D eigenvalue weighted by Crippen LogP contribution is -2.25. The highest BCUT2D eigenvalue weighted by molar-refractivity contribution is 5.90. The fraction of sp³-hybridized carbons (Fsp3) is 0.700. The van der Waals surface area contributed by atoms with E-state index >= 15 is 0 Å². The lowest BCUT2D eigenvalue weighted by atomic mass is 10.1. The van der Waals surface area contributed by atoms with Gasteiger partial charge in [-0.1, -0.05) is 11.6 Å². The largest absolute Gasteiger partial charge is 0.349 e. The first-order valence-corrected chi connectivity index (χ1v) is 5.59. The van der Waals surface area contributed by atoms with Crippen molar-refractivity contribution in [3.05, 3.63) is 11.7 Å². The van der Waals surface area contributed by atoms with Gasteiger partial charge in [-0.3, -0.25) is 4.79 Å². The van der Waals surface area contributed by atoms with Crippen LogP contribution in [0.3, 0.4) is 0 Å². The van der Waals surface area contributed by atoms with Crippen LogP contribution in [0.1, 0.15) is 48.6 Å². The van der Waals surface area contributed by atoms with E-state index in [0.29, 0.717) is 12.4 Å². The molecule has 1 aromatic heterocycles. The molecule has 1 aliphatic carbocycles. The third-order valence-corrected chi connectivity index (χ3v) is 2.87. The summed E-state index contributed by atoms with van der Waals surface area (Å²) in [7, 11) is 0. The molecule has 16 heavy (non-hydrogen) atoms. The molecular formula is C10H16N4O2. The van der Waals surface area contributed by atoms with E-state index in [-0.39, 0.29) is 23.7 Å². The van der Waals surface area contributed by atoms with Crippen LogP contribution < -0.4 is 11.1 Å². The van der Waals surface area contributed by atoms with Gasteiger partial charge in [0.25, 0.3) is 11.7 Å². The van der Waals surface area contributed by atoms with E-state index in [1.54, 1.807) is 0 Å². The highest BCUT2D eigenvalue weighted by atomic mass is 16.5. The van der Waals surface area contributed by atoms with Crippen LogP contribution >= 0.6 is 0 Å². The second-order valence-electron chi connectivity index (χ2n) is 4.02. The van der Waals surface area contributed by atoms with E-state index in [4.69, 9.17) is 10.3 Å². The van der Waals surface area contributed by atoms with Crippen molar-refractivity contribution in [3.8, 4) is 0 Å². The van der Waals surface area contributed by atoms with Crippen molar-refractivity contribution >= 4 is 5.91 Å². The van der Waals surface area contributed by atoms with E-state index in [0.717, 1.165) is 19.3 Å². The predicted molar refractivity (Wildman–Crippen MR) is 56.9 cm³/mol. The number of hydrogen-bond acceptors (Lipinski definition) is 5. The SMILES string of the molecule is CCNC(=O)c1noc(C2CCCC2N)n1. The molecule has 0 aromatic carbocycles. The van der Waals surface area contributed by atoms with Gasteiger partial charge in [0.1, 0.15) is 0 Å². The average Bonchev–Trinajstić information content (AvgIpc) is 2.86. The van der Waals surface area contributed by atoms with Gasteiger partial charge < -0.3 is 15.6 Å². The number of nitrogens with one attached hydrogen (secondary N) is 1. The van der Waals surface area contributed by atoms with Gasteiger partial charge in [0.05, 0.1) is 5.92 Å². The van der Waals surface area contributed by atoms with E-state index in [1.165, 1.54) is 0 Å². The highest BCUT2D eigenvalue weighted by Crippen LogP contribution is 2.32. The van der Waals surface area contributed by atoms with Crippen LogP contribution in [-0.4, -0.2) is 28.6 Å². The molecule has 1 saturated carbocycles. The molecular weight excluding hydrogens is 208 g/mol. The van der Waals surface area contributed by atoms with Crippen molar-refractivity contribution in [1.82, 2.24) is 15.5 Å². The van der Waals surface area contributed by atoms with Gasteiger partial charge in [-0.25, -0.2) is 0 Å². The highest BCUT2D eigenvalue weighted by Gasteiger charge is 2.30. The van der Waals surface area contributed by atoms with Crippen LogP contribution in [0.5, 0.6) is 0 Å². The van der Waals surface area contributed by atoms with Crippen molar-refractivity contribution < 1.29 is 9.32 Å². The van der Waals surface area contributed by atoms with Crippen molar-refractivity contribution in [1.29, 1.82) is 0 Å². The monoisotopic (exact) mass is 224 g/mol. The Hall–Kier alpha value is -1.43. The molecule has 0 radical (unpaired) electrons. The molecule has 88 valence electrons. The lowest BCUT2D eigenvalue weighted by Gasteiger charge is -2.08. The minimum atomic E-state index is -0.302. The molecule has 0 aliphatic heterocycles. The fourth-order valence-corrected chi connectivity index (χ4v) is 2.01. The molecule has 2 unspecified atom stereocenters. The zero-order valence-electron chi connectivity index (χ0n) is 9.27. The van der Waals surface area contributed by atoms with Crippen LogP contribution in [0.25, 0.3) is 0 Å². The number of carbonyl (C=O) groups excluding carboxylic acids is 1. The van der Waals surface area contributed by atoms with E-state index in [1.807, 2.05) is 6.92 Å². The molecule has 6 heteroatoms. The Balaban J connectivity index is 2.10. The van der Waals surface area contributed by atoms with Crippen LogP contribution in [0.15, 0.2) is 4.52 Å². The Labute approximate surface area is 93.6 Å². The number of nitrogens with two attached hydrogens (primary N) is 1. The standard InChI is InChI=1S/C10H16N4O2/c1-2-12-9(15)8-13-10(16-14-8)6-4-3-5-7(6)11/h6-7H,2-5,11H2,1H3,(H,12,15). The summed E-state index contributed by atoms with van der Waals surface area (Å²) in [5.74, 6) is 0.391. The molecule has 2 rings (SSSR count). The maximum atomic E-state index is 11.4. The summed E-state index contributed by atoms with van der Waals surface area (Å²) in [5.41, 5.74) is 5.93. The Morgan fingerprint density at radius 1 is 1.62 bits per heavy atom. The Kier molecular flexibility index (Phi) is 3.19. The molecule has 0 saturated heterocycles. The summed E-state index contributed by atoms with van der Waals surface area (Å²) in [6, 6.07) is 0.0718. The molecule has 3 N–H and O–H groups in total. The molecule has 1 aliphatic rings. The van der Waals surface area contributed by atoms with Crippen LogP contribution in [0.4, 0.5) is 0 Å². The molecule has 6 nitrogen and oxygen atoms in total. The number of nitrogens with zero attached hydrogens (tertiary/aromatic N) is 2. The summed E-state index contributed by atoms with van der Waals surface area (Å²) < 4.78 is 5.08. The number of aromatic nitrogens is 2. The lowest BCUT2D eigenvalue weighted by molar-refractivity contribution is 0.0942. The molecule has 0 bridgehead atoms. The summed E-state index contributed by atoms with van der Waals surface area (Å²) in [4.78, 5) is 15.5. The van der Waals surface area contributed by atoms with Crippen molar-refractivity contribution in [3.63, 3.8) is 0 Å². The number of carbonyl (C=O) groups is 1. The molecule has 1 amide bonds. The van der Waals surface area contributed by atoms with Gasteiger partial charge >= 0.3 is 0 Å². The Morgan fingerprint density at radius 2 is 2.44 bits per heavy atom. The van der Waals surface area contributed by atoms with Gasteiger partial charge in [-0.2, -0.15) is 4.98 Å². The molecule has 2 atom stereocenters. The quantitative estimate of drug-likeness (QED) is 0.775. The molecule has 1 aromatic rings. The maximum absolute atomic E-state index is 11.4. The summed E-state index contributed by atoms with van der Waals surface area (Å²) in [6.45, 7) is 2.39. The summed E-state index contributed by atoms with van der Waals surface area (Å²) in [5, 5.41) is 6.28. The first-order valence-electron chi connectivity index (χ1n) is 5.59. The van der Waals surface area contributed by atoms with Gasteiger partial charge in [-0.05, 0) is 19.8 Å². The minimum absolute atomic E-state index is 0.0718.